The Kier molecular flexibility index (Phi) is 7.14. The van der Waals surface area contributed by atoms with Gasteiger partial charge >= 0.3 is 0 Å². The second-order valence-corrected chi connectivity index (χ2v) is 9.59. The first kappa shape index (κ1) is 23.7. The summed E-state index contributed by atoms with van der Waals surface area (Å²) in [6.45, 7) is 3.47. The topological polar surface area (TPSA) is 70.1 Å². The number of carbonyl (C=O) groups excluding carboxylic acids is 2. The first-order valence-electron chi connectivity index (χ1n) is 11.1. The van der Waals surface area contributed by atoms with Crippen LogP contribution in [0.4, 0.5) is 0 Å². The SMILES string of the molecule is Cc1cccc(COc2ccc(C(O)=C3C(=O)C(=O)N(CCN(C)C)[C@@H]3c3cccs3)cc2)c1. The number of amides is 1. The van der Waals surface area contributed by atoms with Gasteiger partial charge in [-0.15, -0.1) is 11.3 Å². The summed E-state index contributed by atoms with van der Waals surface area (Å²) in [6, 6.07) is 18.2. The number of aliphatic hydroxyl groups is 1. The van der Waals surface area contributed by atoms with E-state index in [-0.39, 0.29) is 11.3 Å². The van der Waals surface area contributed by atoms with Crippen LogP contribution in [0.25, 0.3) is 5.76 Å². The predicted octanol–water partition coefficient (Wildman–Crippen LogP) is 4.62. The fourth-order valence-corrected chi connectivity index (χ4v) is 4.84. The Morgan fingerprint density at radius 1 is 1.09 bits per heavy atom. The van der Waals surface area contributed by atoms with Crippen LogP contribution in [-0.2, 0) is 16.2 Å². The van der Waals surface area contributed by atoms with Crippen molar-refractivity contribution >= 4 is 28.8 Å². The molecular weight excluding hydrogens is 448 g/mol. The molecule has 1 amide bonds. The largest absolute Gasteiger partial charge is 0.507 e. The van der Waals surface area contributed by atoms with Crippen molar-refractivity contribution in [2.75, 3.05) is 27.2 Å². The summed E-state index contributed by atoms with van der Waals surface area (Å²) in [5, 5.41) is 13.0. The third-order valence-corrected chi connectivity index (χ3v) is 6.68. The fourth-order valence-electron chi connectivity index (χ4n) is 3.99. The summed E-state index contributed by atoms with van der Waals surface area (Å²) in [5.41, 5.74) is 2.83. The molecule has 0 saturated carbocycles. The van der Waals surface area contributed by atoms with E-state index in [1.54, 1.807) is 29.2 Å². The van der Waals surface area contributed by atoms with E-state index in [9.17, 15) is 14.7 Å². The highest BCUT2D eigenvalue weighted by atomic mass is 32.1. The monoisotopic (exact) mass is 476 g/mol. The number of carbonyl (C=O) groups is 2. The van der Waals surface area contributed by atoms with Gasteiger partial charge in [0, 0.05) is 23.5 Å². The smallest absolute Gasteiger partial charge is 0.295 e. The summed E-state index contributed by atoms with van der Waals surface area (Å²) in [6.07, 6.45) is 0. The standard InChI is InChI=1S/C27H28N2O4S/c1-18-6-4-7-19(16-18)17-33-21-11-9-20(10-12-21)25(30)23-24(22-8-5-15-34-22)29(14-13-28(2)3)27(32)26(23)31/h4-12,15-16,24,30H,13-14,17H2,1-3H3/t24-/m1/s1. The molecule has 1 atom stereocenters. The highest BCUT2D eigenvalue weighted by molar-refractivity contribution is 7.10. The van der Waals surface area contributed by atoms with Crippen molar-refractivity contribution in [3.63, 3.8) is 0 Å². The number of aryl methyl sites for hydroxylation is 1. The number of thiophene rings is 1. The van der Waals surface area contributed by atoms with Crippen molar-refractivity contribution in [2.24, 2.45) is 0 Å². The van der Waals surface area contributed by atoms with E-state index in [2.05, 4.69) is 6.07 Å². The summed E-state index contributed by atoms with van der Waals surface area (Å²) in [4.78, 5) is 30.2. The molecule has 2 aromatic carbocycles. The van der Waals surface area contributed by atoms with Gasteiger partial charge in [-0.25, -0.2) is 0 Å². The van der Waals surface area contributed by atoms with Crippen molar-refractivity contribution in [3.05, 3.63) is 93.2 Å². The Morgan fingerprint density at radius 2 is 1.85 bits per heavy atom. The second-order valence-electron chi connectivity index (χ2n) is 8.61. The van der Waals surface area contributed by atoms with Crippen LogP contribution in [0.3, 0.4) is 0 Å². The Hall–Kier alpha value is -3.42. The zero-order valence-corrected chi connectivity index (χ0v) is 20.3. The van der Waals surface area contributed by atoms with Gasteiger partial charge in [0.05, 0.1) is 11.6 Å². The lowest BCUT2D eigenvalue weighted by Gasteiger charge is -2.25. The number of ether oxygens (including phenoxy) is 1. The van der Waals surface area contributed by atoms with Gasteiger partial charge in [-0.3, -0.25) is 9.59 Å². The van der Waals surface area contributed by atoms with Gasteiger partial charge in [-0.1, -0.05) is 35.9 Å². The molecule has 1 saturated heterocycles. The molecule has 3 aromatic rings. The zero-order valence-electron chi connectivity index (χ0n) is 19.5. The van der Waals surface area contributed by atoms with Gasteiger partial charge in [0.25, 0.3) is 11.7 Å². The van der Waals surface area contributed by atoms with Crippen molar-refractivity contribution in [1.82, 2.24) is 9.80 Å². The minimum absolute atomic E-state index is 0.125. The number of ketones is 1. The molecule has 1 fully saturated rings. The third kappa shape index (κ3) is 5.05. The van der Waals surface area contributed by atoms with Gasteiger partial charge in [0.1, 0.15) is 18.1 Å². The van der Waals surface area contributed by atoms with E-state index in [1.165, 1.54) is 16.9 Å². The van der Waals surface area contributed by atoms with Crippen LogP contribution in [0.5, 0.6) is 5.75 Å². The first-order valence-corrected chi connectivity index (χ1v) is 12.0. The Bertz CT molecular complexity index is 1200. The van der Waals surface area contributed by atoms with Gasteiger partial charge in [0.15, 0.2) is 0 Å². The Labute approximate surface area is 203 Å². The highest BCUT2D eigenvalue weighted by Gasteiger charge is 2.46. The molecule has 2 heterocycles. The van der Waals surface area contributed by atoms with Crippen LogP contribution in [-0.4, -0.2) is 53.8 Å². The number of likely N-dealkylation sites (tertiary alicyclic amines) is 1. The van der Waals surface area contributed by atoms with Crippen molar-refractivity contribution in [2.45, 2.75) is 19.6 Å². The maximum atomic E-state index is 13.0. The summed E-state index contributed by atoms with van der Waals surface area (Å²) < 4.78 is 5.87. The first-order chi connectivity index (χ1) is 16.3. The van der Waals surface area contributed by atoms with E-state index in [4.69, 9.17) is 4.74 Å². The van der Waals surface area contributed by atoms with Crippen LogP contribution in [0.1, 0.15) is 27.6 Å². The van der Waals surface area contributed by atoms with Gasteiger partial charge in [-0.05, 0) is 62.3 Å². The average molecular weight is 477 g/mol. The number of benzene rings is 2. The van der Waals surface area contributed by atoms with Crippen LogP contribution in [0, 0.1) is 6.92 Å². The van der Waals surface area contributed by atoms with Crippen LogP contribution >= 0.6 is 11.3 Å². The number of hydrogen-bond donors (Lipinski definition) is 1. The van der Waals surface area contributed by atoms with Crippen LogP contribution in [0.15, 0.2) is 71.6 Å². The molecule has 0 bridgehead atoms. The molecule has 34 heavy (non-hydrogen) atoms. The second kappa shape index (κ2) is 10.2. The molecule has 1 aromatic heterocycles. The molecule has 6 nitrogen and oxygen atoms in total. The number of hydrogen-bond acceptors (Lipinski definition) is 6. The molecule has 0 unspecified atom stereocenters. The molecule has 7 heteroatoms. The average Bonchev–Trinajstić information content (AvgIpc) is 3.43. The van der Waals surface area contributed by atoms with Gasteiger partial charge in [0.2, 0.25) is 0 Å². The molecule has 0 aliphatic carbocycles. The molecular formula is C27H28N2O4S. The maximum absolute atomic E-state index is 13.0. The Balaban J connectivity index is 1.60. The lowest BCUT2D eigenvalue weighted by atomic mass is 10.00. The number of Topliss-reactive ketones (excluding diaryl/α,β-unsaturated/α-hetero) is 1. The van der Waals surface area contributed by atoms with E-state index in [0.29, 0.717) is 31.0 Å². The lowest BCUT2D eigenvalue weighted by Crippen LogP contribution is -2.35. The number of aliphatic hydroxyl groups excluding tert-OH is 1. The van der Waals surface area contributed by atoms with Crippen LogP contribution in [0.2, 0.25) is 0 Å². The normalized spacial score (nSPS) is 17.5. The highest BCUT2D eigenvalue weighted by Crippen LogP contribution is 2.41. The summed E-state index contributed by atoms with van der Waals surface area (Å²) in [5.74, 6) is -0.761. The number of likely N-dealkylation sites (N-methyl/N-ethyl adjacent to an activating group) is 1. The van der Waals surface area contributed by atoms with Gasteiger partial charge < -0.3 is 19.6 Å². The molecule has 176 valence electrons. The lowest BCUT2D eigenvalue weighted by molar-refractivity contribution is -0.140. The number of rotatable bonds is 8. The van der Waals surface area contributed by atoms with E-state index in [0.717, 1.165) is 10.4 Å². The zero-order chi connectivity index (χ0) is 24.2. The van der Waals surface area contributed by atoms with E-state index >= 15 is 0 Å². The van der Waals surface area contributed by atoms with Crippen LogP contribution < -0.4 is 4.74 Å². The molecule has 1 aliphatic rings. The summed E-state index contributed by atoms with van der Waals surface area (Å²) >= 11 is 1.46. The minimum atomic E-state index is -0.658. The van der Waals surface area contributed by atoms with Crippen molar-refractivity contribution < 1.29 is 19.4 Å². The molecule has 4 rings (SSSR count). The summed E-state index contributed by atoms with van der Waals surface area (Å²) in [7, 11) is 3.83. The van der Waals surface area contributed by atoms with E-state index in [1.807, 2.05) is 61.6 Å². The number of nitrogens with zero attached hydrogens (tertiary/aromatic N) is 2. The molecule has 1 N–H and O–H groups in total. The van der Waals surface area contributed by atoms with E-state index < -0.39 is 17.7 Å². The molecule has 0 radical (unpaired) electrons. The van der Waals surface area contributed by atoms with Crippen molar-refractivity contribution in [1.29, 1.82) is 0 Å². The Morgan fingerprint density at radius 3 is 2.50 bits per heavy atom. The van der Waals surface area contributed by atoms with Gasteiger partial charge in [-0.2, -0.15) is 0 Å². The third-order valence-electron chi connectivity index (χ3n) is 5.76. The molecule has 1 aliphatic heterocycles. The van der Waals surface area contributed by atoms with Crippen molar-refractivity contribution in [3.8, 4) is 5.75 Å². The molecule has 0 spiro atoms. The maximum Gasteiger partial charge on any atom is 0.295 e. The quantitative estimate of drug-likeness (QED) is 0.292. The minimum Gasteiger partial charge on any atom is -0.507 e. The predicted molar refractivity (Wildman–Crippen MR) is 134 cm³/mol. The fraction of sp³-hybridized carbons (Fsp3) is 0.259.